The first-order valence-electron chi connectivity index (χ1n) is 7.95. The standard InChI is InChI=1S/C16H31N/c1-3-4-5-6-7-10-16(13-17-2)12-14-8-9-15(16)11-14/h14-15,17H,3-13H2,1-2H3. The summed E-state index contributed by atoms with van der Waals surface area (Å²) in [7, 11) is 2.14. The third kappa shape index (κ3) is 3.05. The molecule has 2 fully saturated rings. The normalized spacial score (nSPS) is 35.6. The summed E-state index contributed by atoms with van der Waals surface area (Å²) in [6.45, 7) is 3.58. The van der Waals surface area contributed by atoms with E-state index in [1.807, 2.05) is 0 Å². The van der Waals surface area contributed by atoms with Crippen LogP contribution in [0.3, 0.4) is 0 Å². The van der Waals surface area contributed by atoms with E-state index in [-0.39, 0.29) is 0 Å². The molecule has 17 heavy (non-hydrogen) atoms. The number of hydrogen-bond acceptors (Lipinski definition) is 1. The zero-order valence-corrected chi connectivity index (χ0v) is 11.9. The minimum atomic E-state index is 0.698. The Morgan fingerprint density at radius 1 is 1.12 bits per heavy atom. The molecule has 3 atom stereocenters. The predicted octanol–water partition coefficient (Wildman–Crippen LogP) is 4.37. The van der Waals surface area contributed by atoms with E-state index in [1.54, 1.807) is 6.42 Å². The average molecular weight is 237 g/mol. The Morgan fingerprint density at radius 3 is 2.53 bits per heavy atom. The van der Waals surface area contributed by atoms with E-state index in [2.05, 4.69) is 19.3 Å². The highest BCUT2D eigenvalue weighted by Gasteiger charge is 2.49. The summed E-state index contributed by atoms with van der Waals surface area (Å²) in [5.41, 5.74) is 0.698. The predicted molar refractivity (Wildman–Crippen MR) is 75.2 cm³/mol. The van der Waals surface area contributed by atoms with Gasteiger partial charge in [-0.3, -0.25) is 0 Å². The van der Waals surface area contributed by atoms with Gasteiger partial charge in [-0.05, 0) is 50.0 Å². The summed E-state index contributed by atoms with van der Waals surface area (Å²) >= 11 is 0. The van der Waals surface area contributed by atoms with Gasteiger partial charge < -0.3 is 5.32 Å². The fraction of sp³-hybridized carbons (Fsp3) is 1.00. The van der Waals surface area contributed by atoms with Crippen molar-refractivity contribution in [3.63, 3.8) is 0 Å². The van der Waals surface area contributed by atoms with Crippen molar-refractivity contribution in [3.05, 3.63) is 0 Å². The summed E-state index contributed by atoms with van der Waals surface area (Å²) < 4.78 is 0. The van der Waals surface area contributed by atoms with Crippen molar-refractivity contribution in [1.29, 1.82) is 0 Å². The molecule has 0 heterocycles. The molecular weight excluding hydrogens is 206 g/mol. The summed E-state index contributed by atoms with van der Waals surface area (Å²) in [6.07, 6.45) is 14.9. The molecule has 0 saturated heterocycles. The maximum absolute atomic E-state index is 3.49. The first kappa shape index (κ1) is 13.4. The van der Waals surface area contributed by atoms with Crippen LogP contribution in [0.1, 0.15) is 71.1 Å². The molecule has 0 aromatic carbocycles. The van der Waals surface area contributed by atoms with Crippen molar-refractivity contribution in [1.82, 2.24) is 5.32 Å². The number of fused-ring (bicyclic) bond motifs is 2. The molecule has 1 N–H and O–H groups in total. The van der Waals surface area contributed by atoms with Crippen LogP contribution >= 0.6 is 0 Å². The van der Waals surface area contributed by atoms with E-state index in [1.165, 1.54) is 64.3 Å². The lowest BCUT2D eigenvalue weighted by Gasteiger charge is -2.38. The molecule has 0 amide bonds. The van der Waals surface area contributed by atoms with E-state index >= 15 is 0 Å². The van der Waals surface area contributed by atoms with E-state index in [9.17, 15) is 0 Å². The third-order valence-corrected chi connectivity index (χ3v) is 5.41. The van der Waals surface area contributed by atoms with Gasteiger partial charge in [0.1, 0.15) is 0 Å². The molecule has 0 spiro atoms. The molecule has 1 nitrogen and oxygen atoms in total. The van der Waals surface area contributed by atoms with Crippen LogP contribution in [-0.4, -0.2) is 13.6 Å². The van der Waals surface area contributed by atoms with Gasteiger partial charge in [0.2, 0.25) is 0 Å². The van der Waals surface area contributed by atoms with Crippen LogP contribution < -0.4 is 5.32 Å². The summed E-state index contributed by atoms with van der Waals surface area (Å²) in [5, 5.41) is 3.49. The second-order valence-corrected chi connectivity index (χ2v) is 6.64. The molecule has 2 rings (SSSR count). The molecule has 0 aromatic rings. The van der Waals surface area contributed by atoms with Gasteiger partial charge in [-0.25, -0.2) is 0 Å². The first-order chi connectivity index (χ1) is 8.30. The third-order valence-electron chi connectivity index (χ3n) is 5.41. The van der Waals surface area contributed by atoms with Gasteiger partial charge in [-0.1, -0.05) is 45.4 Å². The maximum atomic E-state index is 3.49. The zero-order valence-electron chi connectivity index (χ0n) is 11.9. The quantitative estimate of drug-likeness (QED) is 0.618. The molecule has 0 aliphatic heterocycles. The van der Waals surface area contributed by atoms with Gasteiger partial charge in [0, 0.05) is 6.54 Å². The van der Waals surface area contributed by atoms with Gasteiger partial charge in [0.15, 0.2) is 0 Å². The Hall–Kier alpha value is -0.0400. The van der Waals surface area contributed by atoms with Gasteiger partial charge in [-0.2, -0.15) is 0 Å². The van der Waals surface area contributed by atoms with Gasteiger partial charge in [-0.15, -0.1) is 0 Å². The Bertz CT molecular complexity index is 226. The van der Waals surface area contributed by atoms with Crippen LogP contribution in [-0.2, 0) is 0 Å². The molecule has 0 aromatic heterocycles. The summed E-state index contributed by atoms with van der Waals surface area (Å²) in [6, 6.07) is 0. The van der Waals surface area contributed by atoms with Crippen LogP contribution in [0.15, 0.2) is 0 Å². The molecule has 2 aliphatic rings. The summed E-state index contributed by atoms with van der Waals surface area (Å²) in [4.78, 5) is 0. The van der Waals surface area contributed by atoms with Gasteiger partial charge >= 0.3 is 0 Å². The summed E-state index contributed by atoms with van der Waals surface area (Å²) in [5.74, 6) is 2.15. The Labute approximate surface area is 108 Å². The lowest BCUT2D eigenvalue weighted by atomic mass is 9.70. The fourth-order valence-electron chi connectivity index (χ4n) is 4.60. The van der Waals surface area contributed by atoms with Crippen molar-refractivity contribution in [2.75, 3.05) is 13.6 Å². The smallest absolute Gasteiger partial charge is 0.000756 e. The molecule has 3 unspecified atom stereocenters. The first-order valence-corrected chi connectivity index (χ1v) is 7.95. The van der Waals surface area contributed by atoms with Gasteiger partial charge in [0.25, 0.3) is 0 Å². The van der Waals surface area contributed by atoms with Crippen molar-refractivity contribution in [2.24, 2.45) is 17.3 Å². The molecule has 2 aliphatic carbocycles. The van der Waals surface area contributed by atoms with Gasteiger partial charge in [0.05, 0.1) is 0 Å². The average Bonchev–Trinajstić information content (AvgIpc) is 2.90. The van der Waals surface area contributed by atoms with E-state index in [0.717, 1.165) is 11.8 Å². The Kier molecular flexibility index (Phi) is 4.90. The second kappa shape index (κ2) is 6.22. The van der Waals surface area contributed by atoms with Crippen LogP contribution in [0.2, 0.25) is 0 Å². The van der Waals surface area contributed by atoms with E-state index in [0.29, 0.717) is 5.41 Å². The number of rotatable bonds is 8. The Morgan fingerprint density at radius 2 is 1.94 bits per heavy atom. The molecule has 2 bridgehead atoms. The molecule has 0 radical (unpaired) electrons. The number of hydrogen-bond donors (Lipinski definition) is 1. The Balaban J connectivity index is 1.77. The lowest BCUT2D eigenvalue weighted by Crippen LogP contribution is -2.37. The molecule has 1 heteroatoms. The van der Waals surface area contributed by atoms with Crippen molar-refractivity contribution in [3.8, 4) is 0 Å². The number of nitrogens with one attached hydrogen (secondary N) is 1. The lowest BCUT2D eigenvalue weighted by molar-refractivity contribution is 0.141. The van der Waals surface area contributed by atoms with E-state index in [4.69, 9.17) is 0 Å². The topological polar surface area (TPSA) is 12.0 Å². The van der Waals surface area contributed by atoms with Crippen molar-refractivity contribution < 1.29 is 0 Å². The fourth-order valence-corrected chi connectivity index (χ4v) is 4.60. The van der Waals surface area contributed by atoms with Crippen LogP contribution in [0.25, 0.3) is 0 Å². The minimum absolute atomic E-state index is 0.698. The van der Waals surface area contributed by atoms with Crippen LogP contribution in [0.5, 0.6) is 0 Å². The van der Waals surface area contributed by atoms with Crippen LogP contribution in [0.4, 0.5) is 0 Å². The highest BCUT2D eigenvalue weighted by molar-refractivity contribution is 5.01. The highest BCUT2D eigenvalue weighted by Crippen LogP contribution is 2.57. The highest BCUT2D eigenvalue weighted by atomic mass is 14.8. The maximum Gasteiger partial charge on any atom is 0.000756 e. The largest absolute Gasteiger partial charge is 0.319 e. The minimum Gasteiger partial charge on any atom is -0.319 e. The SMILES string of the molecule is CCCCCCCC1(CNC)CC2CCC1C2. The zero-order chi connectivity index (χ0) is 12.1. The van der Waals surface area contributed by atoms with Crippen LogP contribution in [0, 0.1) is 17.3 Å². The monoisotopic (exact) mass is 237 g/mol. The second-order valence-electron chi connectivity index (χ2n) is 6.64. The van der Waals surface area contributed by atoms with E-state index < -0.39 is 0 Å². The molecule has 2 saturated carbocycles. The molecular formula is C16H31N. The van der Waals surface area contributed by atoms with Crippen molar-refractivity contribution in [2.45, 2.75) is 71.1 Å². The molecule has 100 valence electrons. The van der Waals surface area contributed by atoms with Crippen molar-refractivity contribution >= 4 is 0 Å². The number of unbranched alkanes of at least 4 members (excludes halogenated alkanes) is 4.